The summed E-state index contributed by atoms with van der Waals surface area (Å²) < 4.78 is 4.96. The minimum Gasteiger partial charge on any atom is -0.309 e. The van der Waals surface area contributed by atoms with Gasteiger partial charge in [0.15, 0.2) is 8.07 Å². The second-order valence-electron chi connectivity index (χ2n) is 15.2. The molecule has 0 bridgehead atoms. The van der Waals surface area contributed by atoms with Crippen molar-refractivity contribution in [3.05, 3.63) is 194 Å². The first-order chi connectivity index (χ1) is 27.3. The van der Waals surface area contributed by atoms with E-state index in [2.05, 4.69) is 203 Å². The lowest BCUT2D eigenvalue weighted by Crippen LogP contribution is -2.70. The zero-order valence-corrected chi connectivity index (χ0v) is 30.9. The first kappa shape index (κ1) is 29.5. The Morgan fingerprint density at radius 2 is 0.709 bits per heavy atom. The van der Waals surface area contributed by atoms with Gasteiger partial charge in [0.2, 0.25) is 0 Å². The van der Waals surface area contributed by atoms with E-state index < -0.39 is 8.07 Å². The predicted octanol–water partition coefficient (Wildman–Crippen LogP) is 10.4. The van der Waals surface area contributed by atoms with Crippen molar-refractivity contribution in [2.24, 2.45) is 0 Å². The Bertz CT molecular complexity index is 3390. The Labute approximate surface area is 318 Å². The van der Waals surface area contributed by atoms with E-state index in [-0.39, 0.29) is 0 Å². The van der Waals surface area contributed by atoms with E-state index in [0.717, 1.165) is 0 Å². The normalized spacial score (nSPS) is 13.6. The minimum absolute atomic E-state index is 1.17. The summed E-state index contributed by atoms with van der Waals surface area (Å²) in [5, 5.41) is 13.6. The van der Waals surface area contributed by atoms with Crippen LogP contribution in [0, 0.1) is 0 Å². The van der Waals surface area contributed by atoms with Crippen molar-refractivity contribution in [3.8, 4) is 33.6 Å². The fourth-order valence-corrected chi connectivity index (χ4v) is 16.2. The van der Waals surface area contributed by atoms with Crippen LogP contribution in [0.5, 0.6) is 0 Å². The van der Waals surface area contributed by atoms with Crippen LogP contribution in [0.3, 0.4) is 0 Å². The summed E-state index contributed by atoms with van der Waals surface area (Å²) in [5.41, 5.74) is 12.8. The van der Waals surface area contributed by atoms with Crippen LogP contribution in [0.4, 0.5) is 0 Å². The summed E-state index contributed by atoms with van der Waals surface area (Å²) in [6.45, 7) is 0. The Morgan fingerprint density at radius 1 is 0.273 bits per heavy atom. The summed E-state index contributed by atoms with van der Waals surface area (Å²) in [6, 6.07) is 73.2. The zero-order chi connectivity index (χ0) is 35.8. The standard InChI is InChI=1S/C52H32N2Si/c1-2-14-34-30-48-43(29-33(34)13-1)37-15-3-9-21-46(37)54(48)35-26-28-47-44(31-35)38-16-4-8-20-45(38)53(47)36-25-27-42-41-19-7-12-24-51(41)55(52(42)32-36)49-22-10-5-17-39(49)40-18-6-11-23-50(40)55/h1-32H. The topological polar surface area (TPSA) is 9.86 Å². The highest BCUT2D eigenvalue weighted by Crippen LogP contribution is 2.40. The molecule has 0 unspecified atom stereocenters. The van der Waals surface area contributed by atoms with Crippen LogP contribution in [0.1, 0.15) is 0 Å². The Kier molecular flexibility index (Phi) is 5.68. The molecule has 9 aromatic carbocycles. The molecule has 3 heteroatoms. The van der Waals surface area contributed by atoms with E-state index in [0.29, 0.717) is 0 Å². The Morgan fingerprint density at radius 3 is 1.35 bits per heavy atom. The van der Waals surface area contributed by atoms with Gasteiger partial charge in [0, 0.05) is 32.9 Å². The minimum atomic E-state index is -2.56. The molecule has 11 aromatic rings. The van der Waals surface area contributed by atoms with Crippen molar-refractivity contribution in [3.63, 3.8) is 0 Å². The number of aromatic nitrogens is 2. The van der Waals surface area contributed by atoms with Crippen LogP contribution in [0.15, 0.2) is 194 Å². The molecule has 2 nitrogen and oxygen atoms in total. The first-order valence-corrected chi connectivity index (χ1v) is 21.2. The van der Waals surface area contributed by atoms with Crippen LogP contribution in [-0.2, 0) is 0 Å². The van der Waals surface area contributed by atoms with E-state index in [4.69, 9.17) is 0 Å². The predicted molar refractivity (Wildman–Crippen MR) is 234 cm³/mol. The molecule has 4 heterocycles. The fourth-order valence-electron chi connectivity index (χ4n) is 10.5. The smallest absolute Gasteiger partial charge is 0.182 e. The van der Waals surface area contributed by atoms with Crippen molar-refractivity contribution in [1.82, 2.24) is 9.13 Å². The molecule has 0 N–H and O–H groups in total. The summed E-state index contributed by atoms with van der Waals surface area (Å²) in [6.07, 6.45) is 0. The second-order valence-corrected chi connectivity index (χ2v) is 18.9. The highest BCUT2D eigenvalue weighted by atomic mass is 28.3. The van der Waals surface area contributed by atoms with E-state index in [1.165, 1.54) is 109 Å². The van der Waals surface area contributed by atoms with Gasteiger partial charge in [-0.15, -0.1) is 0 Å². The molecule has 0 amide bonds. The van der Waals surface area contributed by atoms with Gasteiger partial charge in [-0.1, -0.05) is 140 Å². The largest absolute Gasteiger partial charge is 0.309 e. The molecule has 2 aliphatic heterocycles. The van der Waals surface area contributed by atoms with Crippen molar-refractivity contribution in [1.29, 1.82) is 0 Å². The van der Waals surface area contributed by atoms with Crippen LogP contribution in [0.2, 0.25) is 0 Å². The lowest BCUT2D eigenvalue weighted by atomic mass is 10.1. The number of benzene rings is 9. The SMILES string of the molecule is c1ccc2c(c1)-c1ccccc1[Si]21c2ccccc2-c2ccc(-n3c4ccccc4c4cc(-n5c6ccccc6c6cc7ccccc7cc65)ccc43)cc21. The van der Waals surface area contributed by atoms with Gasteiger partial charge < -0.3 is 9.13 Å². The maximum atomic E-state index is 2.55. The van der Waals surface area contributed by atoms with Crippen LogP contribution in [-0.4, -0.2) is 17.2 Å². The molecular formula is C52H32N2Si. The number of nitrogens with zero attached hydrogens (tertiary/aromatic N) is 2. The fraction of sp³-hybridized carbons (Fsp3) is 0. The van der Waals surface area contributed by atoms with Crippen molar-refractivity contribution in [2.75, 3.05) is 0 Å². The molecule has 2 aliphatic rings. The number of hydrogen-bond acceptors (Lipinski definition) is 0. The van der Waals surface area contributed by atoms with Gasteiger partial charge in [0.25, 0.3) is 0 Å². The molecule has 0 radical (unpaired) electrons. The van der Waals surface area contributed by atoms with Gasteiger partial charge in [0.05, 0.1) is 22.1 Å². The molecule has 0 fully saturated rings. The summed E-state index contributed by atoms with van der Waals surface area (Å²) in [4.78, 5) is 0. The third-order valence-electron chi connectivity index (χ3n) is 12.7. The Balaban J connectivity index is 1.07. The molecule has 254 valence electrons. The van der Waals surface area contributed by atoms with Crippen molar-refractivity contribution in [2.45, 2.75) is 0 Å². The van der Waals surface area contributed by atoms with E-state index in [1.54, 1.807) is 0 Å². The van der Waals surface area contributed by atoms with E-state index in [1.807, 2.05) is 0 Å². The van der Waals surface area contributed by atoms with Crippen LogP contribution >= 0.6 is 0 Å². The van der Waals surface area contributed by atoms with E-state index >= 15 is 0 Å². The monoisotopic (exact) mass is 712 g/mol. The van der Waals surface area contributed by atoms with E-state index in [9.17, 15) is 0 Å². The Hall–Kier alpha value is -6.94. The number of rotatable bonds is 2. The third-order valence-corrected chi connectivity index (χ3v) is 17.6. The maximum absolute atomic E-state index is 2.56. The first-order valence-electron chi connectivity index (χ1n) is 19.2. The van der Waals surface area contributed by atoms with Gasteiger partial charge in [-0.05, 0) is 108 Å². The maximum Gasteiger partial charge on any atom is 0.182 e. The molecule has 0 saturated heterocycles. The number of fused-ring (bicyclic) bond motifs is 17. The summed E-state index contributed by atoms with van der Waals surface area (Å²) >= 11 is 0. The van der Waals surface area contributed by atoms with Gasteiger partial charge >= 0.3 is 0 Å². The summed E-state index contributed by atoms with van der Waals surface area (Å²) in [5.74, 6) is 0. The van der Waals surface area contributed by atoms with Crippen molar-refractivity contribution >= 4 is 83.2 Å². The molecule has 0 saturated carbocycles. The summed E-state index contributed by atoms with van der Waals surface area (Å²) in [7, 11) is -2.56. The molecule has 0 aliphatic carbocycles. The molecule has 13 rings (SSSR count). The molecule has 0 atom stereocenters. The molecule has 55 heavy (non-hydrogen) atoms. The highest BCUT2D eigenvalue weighted by Gasteiger charge is 2.53. The lowest BCUT2D eigenvalue weighted by molar-refractivity contribution is 1.17. The van der Waals surface area contributed by atoms with Crippen molar-refractivity contribution < 1.29 is 0 Å². The highest BCUT2D eigenvalue weighted by molar-refractivity contribution is 7.24. The third kappa shape index (κ3) is 3.68. The molecular weight excluding hydrogens is 681 g/mol. The lowest BCUT2D eigenvalue weighted by Gasteiger charge is -2.28. The molecule has 1 spiro atoms. The van der Waals surface area contributed by atoms with Gasteiger partial charge in [-0.2, -0.15) is 0 Å². The number of hydrogen-bond donors (Lipinski definition) is 0. The van der Waals surface area contributed by atoms with Gasteiger partial charge in [0.1, 0.15) is 0 Å². The van der Waals surface area contributed by atoms with Gasteiger partial charge in [-0.25, -0.2) is 0 Å². The molecule has 2 aromatic heterocycles. The average Bonchev–Trinajstić information content (AvgIpc) is 3.94. The average molecular weight is 713 g/mol. The van der Waals surface area contributed by atoms with Gasteiger partial charge in [-0.3, -0.25) is 0 Å². The van der Waals surface area contributed by atoms with Crippen LogP contribution < -0.4 is 20.7 Å². The second kappa shape index (κ2) is 10.6. The van der Waals surface area contributed by atoms with Crippen LogP contribution in [0.25, 0.3) is 88.0 Å². The number of para-hydroxylation sites is 2. The quantitative estimate of drug-likeness (QED) is 0.158. The zero-order valence-electron chi connectivity index (χ0n) is 29.9.